The van der Waals surface area contributed by atoms with E-state index in [-0.39, 0.29) is 11.7 Å². The van der Waals surface area contributed by atoms with Crippen LogP contribution in [0.1, 0.15) is 18.2 Å². The average molecular weight is 269 g/mol. The van der Waals surface area contributed by atoms with E-state index in [0.29, 0.717) is 11.6 Å². The Morgan fingerprint density at radius 1 is 1.61 bits per heavy atom. The molecule has 6 N–H and O–H groups in total. The summed E-state index contributed by atoms with van der Waals surface area (Å²) in [5.74, 6) is 0.905. The van der Waals surface area contributed by atoms with E-state index < -0.39 is 0 Å². The van der Waals surface area contributed by atoms with E-state index in [2.05, 4.69) is 20.2 Å². The lowest BCUT2D eigenvalue weighted by atomic mass is 10.0. The molecule has 0 radical (unpaired) electrons. The molecule has 3 heterocycles. The number of hydrogen-bond acceptors (Lipinski definition) is 5. The molecule has 0 amide bonds. The third-order valence-electron chi connectivity index (χ3n) is 3.72. The van der Waals surface area contributed by atoms with Crippen molar-refractivity contribution in [1.29, 1.82) is 0 Å². The van der Waals surface area contributed by atoms with E-state index >= 15 is 0 Å². The van der Waals surface area contributed by atoms with Crippen molar-refractivity contribution in [3.63, 3.8) is 0 Å². The zero-order valence-corrected chi connectivity index (χ0v) is 10.7. The third kappa shape index (κ3) is 1.81. The summed E-state index contributed by atoms with van der Waals surface area (Å²) < 4.78 is 0. The van der Waals surface area contributed by atoms with Crippen molar-refractivity contribution in [2.24, 2.45) is 16.5 Å². The topological polar surface area (TPSA) is 95.5 Å². The Morgan fingerprint density at radius 3 is 3.17 bits per heavy atom. The first kappa shape index (κ1) is 12.0. The highest BCUT2D eigenvalue weighted by molar-refractivity contribution is 6.32. The molecule has 7 heteroatoms. The van der Waals surface area contributed by atoms with Gasteiger partial charge in [0.15, 0.2) is 0 Å². The van der Waals surface area contributed by atoms with Crippen LogP contribution >= 0.6 is 11.6 Å². The molecule has 0 aliphatic carbocycles. The SMILES string of the molecule is NC[C@@]1(N)CCN([C@H]2N=CNc3[nH]cc(Cl)c32)C1. The zero-order valence-electron chi connectivity index (χ0n) is 9.99. The van der Waals surface area contributed by atoms with Gasteiger partial charge in [-0.2, -0.15) is 0 Å². The molecule has 0 unspecified atom stereocenters. The second-order valence-electron chi connectivity index (χ2n) is 5.01. The Hall–Kier alpha value is -1.08. The third-order valence-corrected chi connectivity index (χ3v) is 4.03. The summed E-state index contributed by atoms with van der Waals surface area (Å²) in [5, 5.41) is 3.75. The lowest BCUT2D eigenvalue weighted by Crippen LogP contribution is -2.49. The van der Waals surface area contributed by atoms with Gasteiger partial charge in [0.2, 0.25) is 0 Å². The molecule has 1 saturated heterocycles. The van der Waals surface area contributed by atoms with Gasteiger partial charge in [0.05, 0.1) is 16.9 Å². The van der Waals surface area contributed by atoms with E-state index in [1.165, 1.54) is 0 Å². The number of nitrogens with one attached hydrogen (secondary N) is 2. The van der Waals surface area contributed by atoms with Gasteiger partial charge in [-0.1, -0.05) is 11.6 Å². The van der Waals surface area contributed by atoms with Gasteiger partial charge in [-0.3, -0.25) is 9.89 Å². The number of nitrogens with two attached hydrogens (primary N) is 2. The molecule has 18 heavy (non-hydrogen) atoms. The van der Waals surface area contributed by atoms with Gasteiger partial charge in [-0.15, -0.1) is 0 Å². The van der Waals surface area contributed by atoms with E-state index in [9.17, 15) is 0 Å². The molecule has 0 saturated carbocycles. The number of aromatic amines is 1. The van der Waals surface area contributed by atoms with Crippen LogP contribution in [0.2, 0.25) is 5.02 Å². The summed E-state index contributed by atoms with van der Waals surface area (Å²) in [5.41, 5.74) is 12.6. The molecule has 2 aliphatic heterocycles. The second-order valence-corrected chi connectivity index (χ2v) is 5.42. The van der Waals surface area contributed by atoms with Crippen LogP contribution in [0.4, 0.5) is 5.82 Å². The zero-order chi connectivity index (χ0) is 12.8. The number of nitrogens with zero attached hydrogens (tertiary/aromatic N) is 2. The Labute approximate surface area is 110 Å². The van der Waals surface area contributed by atoms with E-state index in [4.69, 9.17) is 23.1 Å². The van der Waals surface area contributed by atoms with E-state index in [1.807, 2.05) is 0 Å². The van der Waals surface area contributed by atoms with Crippen molar-refractivity contribution in [3.8, 4) is 0 Å². The van der Waals surface area contributed by atoms with Gasteiger partial charge in [-0.05, 0) is 6.42 Å². The largest absolute Gasteiger partial charge is 0.346 e. The molecule has 0 aromatic carbocycles. The minimum Gasteiger partial charge on any atom is -0.346 e. The maximum absolute atomic E-state index is 6.21. The first-order valence-corrected chi connectivity index (χ1v) is 6.39. The molecule has 1 fully saturated rings. The quantitative estimate of drug-likeness (QED) is 0.627. The van der Waals surface area contributed by atoms with Crippen LogP contribution in [-0.2, 0) is 0 Å². The average Bonchev–Trinajstić information content (AvgIpc) is 2.95. The van der Waals surface area contributed by atoms with E-state index in [1.54, 1.807) is 12.5 Å². The van der Waals surface area contributed by atoms with Crippen molar-refractivity contribution in [2.45, 2.75) is 18.1 Å². The minimum absolute atomic E-state index is 0.0722. The standard InChI is InChI=1S/C11H17ClN6/c12-7-3-15-9-8(7)10(17-6-16-9)18-2-1-11(14,4-13)5-18/h3,6,10,15H,1-2,4-5,13-14H2,(H,16,17)/t10-,11+/m1/s1. The number of hydrogen-bond donors (Lipinski definition) is 4. The summed E-state index contributed by atoms with van der Waals surface area (Å²) in [6, 6.07) is 0. The molecule has 0 bridgehead atoms. The summed E-state index contributed by atoms with van der Waals surface area (Å²) >= 11 is 6.21. The predicted molar refractivity (Wildman–Crippen MR) is 72.8 cm³/mol. The summed E-state index contributed by atoms with van der Waals surface area (Å²) in [4.78, 5) is 9.80. The Kier molecular flexibility index (Phi) is 2.82. The van der Waals surface area contributed by atoms with E-state index in [0.717, 1.165) is 30.9 Å². The number of aromatic nitrogens is 1. The lowest BCUT2D eigenvalue weighted by Gasteiger charge is -2.29. The first-order valence-electron chi connectivity index (χ1n) is 6.01. The molecule has 3 rings (SSSR count). The molecule has 0 spiro atoms. The van der Waals surface area contributed by atoms with Gasteiger partial charge in [-0.25, -0.2) is 0 Å². The summed E-state index contributed by atoms with van der Waals surface area (Å²) in [7, 11) is 0. The fourth-order valence-electron chi connectivity index (χ4n) is 2.61. The predicted octanol–water partition coefficient (Wildman–Crippen LogP) is 0.482. The highest BCUT2D eigenvalue weighted by Crippen LogP contribution is 2.38. The minimum atomic E-state index is -0.302. The number of aliphatic imine (C=N–C) groups is 1. The lowest BCUT2D eigenvalue weighted by molar-refractivity contribution is 0.238. The van der Waals surface area contributed by atoms with Crippen LogP contribution in [0.5, 0.6) is 0 Å². The van der Waals surface area contributed by atoms with Crippen LogP contribution in [0.15, 0.2) is 11.2 Å². The van der Waals surface area contributed by atoms with Crippen LogP contribution in [0.25, 0.3) is 0 Å². The van der Waals surface area contributed by atoms with Crippen molar-refractivity contribution in [3.05, 3.63) is 16.8 Å². The molecular weight excluding hydrogens is 252 g/mol. The van der Waals surface area contributed by atoms with Gasteiger partial charge in [0.1, 0.15) is 12.0 Å². The van der Waals surface area contributed by atoms with Crippen LogP contribution < -0.4 is 16.8 Å². The monoisotopic (exact) mass is 268 g/mol. The number of likely N-dealkylation sites (tertiary alicyclic amines) is 1. The Balaban J connectivity index is 1.87. The van der Waals surface area contributed by atoms with Crippen molar-refractivity contribution in [1.82, 2.24) is 9.88 Å². The molecule has 2 atom stereocenters. The normalized spacial score (nSPS) is 31.4. The van der Waals surface area contributed by atoms with Gasteiger partial charge >= 0.3 is 0 Å². The van der Waals surface area contributed by atoms with Gasteiger partial charge in [0, 0.05) is 31.4 Å². The molecule has 98 valence electrons. The number of anilines is 1. The van der Waals surface area contributed by atoms with Gasteiger partial charge < -0.3 is 21.8 Å². The highest BCUT2D eigenvalue weighted by Gasteiger charge is 2.38. The molecule has 2 aliphatic rings. The van der Waals surface area contributed by atoms with Crippen molar-refractivity contribution >= 4 is 23.8 Å². The number of rotatable bonds is 2. The smallest absolute Gasteiger partial charge is 0.134 e. The molecule has 6 nitrogen and oxygen atoms in total. The highest BCUT2D eigenvalue weighted by atomic mass is 35.5. The Bertz CT molecular complexity index is 484. The van der Waals surface area contributed by atoms with Crippen LogP contribution in [0, 0.1) is 0 Å². The van der Waals surface area contributed by atoms with Crippen molar-refractivity contribution in [2.75, 3.05) is 25.0 Å². The van der Waals surface area contributed by atoms with Crippen molar-refractivity contribution < 1.29 is 0 Å². The van der Waals surface area contributed by atoms with Crippen LogP contribution in [-0.4, -0.2) is 41.4 Å². The first-order chi connectivity index (χ1) is 8.63. The maximum Gasteiger partial charge on any atom is 0.134 e. The molecule has 1 aromatic rings. The summed E-state index contributed by atoms with van der Waals surface area (Å²) in [6.45, 7) is 2.12. The number of fused-ring (bicyclic) bond motifs is 1. The van der Waals surface area contributed by atoms with Crippen LogP contribution in [0.3, 0.4) is 0 Å². The summed E-state index contributed by atoms with van der Waals surface area (Å²) in [6.07, 6.45) is 4.28. The molecular formula is C11H17ClN6. The second kappa shape index (κ2) is 4.24. The van der Waals surface area contributed by atoms with Gasteiger partial charge in [0.25, 0.3) is 0 Å². The fourth-order valence-corrected chi connectivity index (χ4v) is 2.86. The number of H-pyrrole nitrogens is 1. The maximum atomic E-state index is 6.21. The molecule has 1 aromatic heterocycles. The fraction of sp³-hybridized carbons (Fsp3) is 0.545. The Morgan fingerprint density at radius 2 is 2.44 bits per heavy atom. The number of halogens is 1.